The molecule has 1 aromatic rings. The lowest BCUT2D eigenvalue weighted by Gasteiger charge is -2.52. The number of carbonyl (C=O) groups is 1. The van der Waals surface area contributed by atoms with Crippen LogP contribution in [0.5, 0.6) is 0 Å². The number of ether oxygens (including phenoxy) is 1. The summed E-state index contributed by atoms with van der Waals surface area (Å²) in [6.45, 7) is 4.62. The Morgan fingerprint density at radius 2 is 1.85 bits per heavy atom. The Kier molecular flexibility index (Phi) is 5.09. The predicted molar refractivity (Wildman–Crippen MR) is 104 cm³/mol. The van der Waals surface area contributed by atoms with E-state index in [0.29, 0.717) is 11.8 Å². The van der Waals surface area contributed by atoms with Gasteiger partial charge in [0.1, 0.15) is 0 Å². The van der Waals surface area contributed by atoms with Gasteiger partial charge in [-0.2, -0.15) is 0 Å². The third-order valence-corrected chi connectivity index (χ3v) is 7.13. The maximum atomic E-state index is 12.9. The van der Waals surface area contributed by atoms with Crippen molar-refractivity contribution in [1.82, 2.24) is 5.32 Å². The second kappa shape index (κ2) is 7.34. The fraction of sp³-hybridized carbons (Fsp3) is 0.696. The van der Waals surface area contributed by atoms with Crippen LogP contribution in [0.1, 0.15) is 76.9 Å². The highest BCUT2D eigenvalue weighted by Crippen LogP contribution is 2.48. The van der Waals surface area contributed by atoms with E-state index < -0.39 is 0 Å². The van der Waals surface area contributed by atoms with Crippen molar-refractivity contribution in [3.63, 3.8) is 0 Å². The fourth-order valence-corrected chi connectivity index (χ4v) is 5.58. The zero-order chi connectivity index (χ0) is 18.1. The van der Waals surface area contributed by atoms with Gasteiger partial charge in [-0.25, -0.2) is 0 Å². The number of rotatable bonds is 3. The van der Waals surface area contributed by atoms with Gasteiger partial charge in [0.15, 0.2) is 0 Å². The van der Waals surface area contributed by atoms with Gasteiger partial charge in [-0.15, -0.1) is 0 Å². The summed E-state index contributed by atoms with van der Waals surface area (Å²) < 4.78 is 6.60. The van der Waals surface area contributed by atoms with Crippen LogP contribution in [-0.4, -0.2) is 17.6 Å². The van der Waals surface area contributed by atoms with Crippen LogP contribution in [-0.2, 0) is 9.53 Å². The molecule has 0 unspecified atom stereocenters. The third-order valence-electron chi connectivity index (χ3n) is 7.13. The summed E-state index contributed by atoms with van der Waals surface area (Å²) in [6.07, 6.45) is 9.26. The van der Waals surface area contributed by atoms with E-state index in [9.17, 15) is 4.79 Å². The van der Waals surface area contributed by atoms with E-state index in [0.717, 1.165) is 32.1 Å². The molecule has 0 bridgehead atoms. The Balaban J connectivity index is 1.57. The summed E-state index contributed by atoms with van der Waals surface area (Å²) in [4.78, 5) is 12.9. The van der Waals surface area contributed by atoms with Gasteiger partial charge in [-0.1, -0.05) is 56.5 Å². The largest absolute Gasteiger partial charge is 0.370 e. The molecule has 1 aromatic carbocycles. The molecule has 0 radical (unpaired) electrons. The number of benzene rings is 1. The minimum atomic E-state index is -0.163. The highest BCUT2D eigenvalue weighted by Gasteiger charge is 2.49. The number of hydrogen-bond acceptors (Lipinski definition) is 2. The number of nitrogens with one attached hydrogen (secondary N) is 1. The molecule has 1 amide bonds. The maximum absolute atomic E-state index is 12.9. The van der Waals surface area contributed by atoms with Crippen LogP contribution < -0.4 is 5.32 Å². The van der Waals surface area contributed by atoms with Crippen LogP contribution in [0.2, 0.25) is 0 Å². The summed E-state index contributed by atoms with van der Waals surface area (Å²) in [6, 6.07) is 10.6. The molecule has 1 N–H and O–H groups in total. The van der Waals surface area contributed by atoms with Crippen molar-refractivity contribution in [2.45, 2.75) is 83.0 Å². The Labute approximate surface area is 157 Å². The minimum Gasteiger partial charge on any atom is -0.370 e. The van der Waals surface area contributed by atoms with E-state index in [2.05, 4.69) is 49.5 Å². The number of fused-ring (bicyclic) bond motifs is 1. The lowest BCUT2D eigenvalue weighted by atomic mass is 9.66. The standard InChI is InChI=1S/C23H33NO2/c1-16-12-13-19-20(14-16)26-21(17-8-4-3-5-9-17)15-23(19,2)24-22(25)18-10-6-7-11-18/h3-5,8-9,16,18-21H,6-7,10-15H2,1-2H3,(H,24,25)/t16-,19-,20-,21-,23-/m0/s1. The zero-order valence-electron chi connectivity index (χ0n) is 16.2. The first-order valence-corrected chi connectivity index (χ1v) is 10.6. The van der Waals surface area contributed by atoms with Crippen molar-refractivity contribution in [3.05, 3.63) is 35.9 Å². The maximum Gasteiger partial charge on any atom is 0.223 e. The average molecular weight is 356 g/mol. The van der Waals surface area contributed by atoms with Crippen LogP contribution in [0.4, 0.5) is 0 Å². The van der Waals surface area contributed by atoms with Gasteiger partial charge in [0.25, 0.3) is 0 Å². The second-order valence-electron chi connectivity index (χ2n) is 9.19. The van der Waals surface area contributed by atoms with Crippen molar-refractivity contribution >= 4 is 5.91 Å². The molecule has 3 fully saturated rings. The second-order valence-corrected chi connectivity index (χ2v) is 9.19. The van der Waals surface area contributed by atoms with E-state index >= 15 is 0 Å². The van der Waals surface area contributed by atoms with Gasteiger partial charge in [-0.3, -0.25) is 4.79 Å². The Morgan fingerprint density at radius 3 is 2.58 bits per heavy atom. The van der Waals surface area contributed by atoms with Crippen LogP contribution in [0, 0.1) is 17.8 Å². The lowest BCUT2D eigenvalue weighted by Crippen LogP contribution is -2.61. The number of hydrogen-bond donors (Lipinski definition) is 1. The molecule has 3 nitrogen and oxygen atoms in total. The summed E-state index contributed by atoms with van der Waals surface area (Å²) in [5.74, 6) is 1.66. The molecule has 3 aliphatic rings. The van der Waals surface area contributed by atoms with Crippen molar-refractivity contribution in [1.29, 1.82) is 0 Å². The number of amides is 1. The highest BCUT2D eigenvalue weighted by molar-refractivity contribution is 5.79. The molecule has 4 rings (SSSR count). The van der Waals surface area contributed by atoms with Crippen LogP contribution >= 0.6 is 0 Å². The molecule has 2 saturated carbocycles. The van der Waals surface area contributed by atoms with E-state index in [-0.39, 0.29) is 29.6 Å². The van der Waals surface area contributed by atoms with Gasteiger partial charge in [0.05, 0.1) is 12.2 Å². The molecular formula is C23H33NO2. The summed E-state index contributed by atoms with van der Waals surface area (Å²) in [5.41, 5.74) is 1.08. The molecule has 0 aromatic heterocycles. The molecular weight excluding hydrogens is 322 g/mol. The molecule has 1 heterocycles. The zero-order valence-corrected chi connectivity index (χ0v) is 16.2. The fourth-order valence-electron chi connectivity index (χ4n) is 5.58. The first-order chi connectivity index (χ1) is 12.5. The van der Waals surface area contributed by atoms with Gasteiger partial charge >= 0.3 is 0 Å². The normalized spacial score (nSPS) is 37.9. The molecule has 0 spiro atoms. The first kappa shape index (κ1) is 18.0. The summed E-state index contributed by atoms with van der Waals surface area (Å²) >= 11 is 0. The number of carbonyl (C=O) groups excluding carboxylic acids is 1. The van der Waals surface area contributed by atoms with Crippen LogP contribution in [0.15, 0.2) is 30.3 Å². The SMILES string of the molecule is C[C@H]1CC[C@H]2[C@H](C1)O[C@H](c1ccccc1)C[C@]2(C)NC(=O)C1CCCC1. The van der Waals surface area contributed by atoms with Crippen molar-refractivity contribution in [2.75, 3.05) is 0 Å². The third kappa shape index (κ3) is 3.55. The predicted octanol–water partition coefficient (Wildman–Crippen LogP) is 5.02. The highest BCUT2D eigenvalue weighted by atomic mass is 16.5. The van der Waals surface area contributed by atoms with Gasteiger partial charge in [0.2, 0.25) is 5.91 Å². The van der Waals surface area contributed by atoms with E-state index in [1.54, 1.807) is 0 Å². The smallest absolute Gasteiger partial charge is 0.223 e. The quantitative estimate of drug-likeness (QED) is 0.827. The molecule has 1 aliphatic heterocycles. The van der Waals surface area contributed by atoms with E-state index in [1.165, 1.54) is 24.8 Å². The van der Waals surface area contributed by atoms with Crippen LogP contribution in [0.3, 0.4) is 0 Å². The molecule has 3 heteroatoms. The van der Waals surface area contributed by atoms with E-state index in [1.807, 2.05) is 0 Å². The van der Waals surface area contributed by atoms with Crippen molar-refractivity contribution in [3.8, 4) is 0 Å². The minimum absolute atomic E-state index is 0.0802. The van der Waals surface area contributed by atoms with Crippen LogP contribution in [0.25, 0.3) is 0 Å². The lowest BCUT2D eigenvalue weighted by molar-refractivity contribution is -0.155. The van der Waals surface area contributed by atoms with Crippen molar-refractivity contribution in [2.24, 2.45) is 17.8 Å². The topological polar surface area (TPSA) is 38.3 Å². The Morgan fingerprint density at radius 1 is 1.12 bits per heavy atom. The summed E-state index contributed by atoms with van der Waals surface area (Å²) in [7, 11) is 0. The van der Waals surface area contributed by atoms with E-state index in [4.69, 9.17) is 4.74 Å². The summed E-state index contributed by atoms with van der Waals surface area (Å²) in [5, 5.41) is 3.53. The molecule has 26 heavy (non-hydrogen) atoms. The van der Waals surface area contributed by atoms with Gasteiger partial charge < -0.3 is 10.1 Å². The van der Waals surface area contributed by atoms with Gasteiger partial charge in [-0.05, 0) is 44.1 Å². The first-order valence-electron chi connectivity index (χ1n) is 10.6. The molecule has 2 aliphatic carbocycles. The van der Waals surface area contributed by atoms with Gasteiger partial charge in [0, 0.05) is 23.8 Å². The molecule has 5 atom stereocenters. The van der Waals surface area contributed by atoms with Crippen molar-refractivity contribution < 1.29 is 9.53 Å². The molecule has 142 valence electrons. The Hall–Kier alpha value is -1.35. The molecule has 1 saturated heterocycles. The monoisotopic (exact) mass is 355 g/mol. The Bertz CT molecular complexity index is 624. The average Bonchev–Trinajstić information content (AvgIpc) is 3.16.